The number of amides is 1. The Balaban J connectivity index is 1.55. The van der Waals surface area contributed by atoms with Gasteiger partial charge in [0.25, 0.3) is 0 Å². The smallest absolute Gasteiger partial charge is 0.223 e. The second kappa shape index (κ2) is 5.21. The summed E-state index contributed by atoms with van der Waals surface area (Å²) < 4.78 is 0. The number of benzene rings is 1. The molecule has 2 aliphatic rings. The van der Waals surface area contributed by atoms with Crippen LogP contribution in [0.15, 0.2) is 18.2 Å². The van der Waals surface area contributed by atoms with Crippen molar-refractivity contribution in [1.82, 2.24) is 10.6 Å². The minimum absolute atomic E-state index is 0.256. The fourth-order valence-corrected chi connectivity index (χ4v) is 3.55. The molecule has 20 heavy (non-hydrogen) atoms. The van der Waals surface area contributed by atoms with Gasteiger partial charge < -0.3 is 10.6 Å². The molecule has 1 unspecified atom stereocenters. The largest absolute Gasteiger partial charge is 0.352 e. The van der Waals surface area contributed by atoms with Gasteiger partial charge in [0.15, 0.2) is 0 Å². The summed E-state index contributed by atoms with van der Waals surface area (Å²) in [6.45, 7) is 7.01. The summed E-state index contributed by atoms with van der Waals surface area (Å²) in [5.74, 6) is 0.516. The van der Waals surface area contributed by atoms with E-state index in [0.29, 0.717) is 12.0 Å². The van der Waals surface area contributed by atoms with Gasteiger partial charge in [-0.25, -0.2) is 0 Å². The topological polar surface area (TPSA) is 41.1 Å². The van der Waals surface area contributed by atoms with Crippen molar-refractivity contribution in [2.75, 3.05) is 13.1 Å². The number of hydrogen-bond acceptors (Lipinski definition) is 2. The lowest BCUT2D eigenvalue weighted by Gasteiger charge is -2.23. The van der Waals surface area contributed by atoms with E-state index in [4.69, 9.17) is 0 Å². The van der Waals surface area contributed by atoms with E-state index in [9.17, 15) is 4.79 Å². The summed E-state index contributed by atoms with van der Waals surface area (Å²) in [5.41, 5.74) is 4.09. The van der Waals surface area contributed by atoms with Crippen LogP contribution < -0.4 is 10.6 Å². The zero-order chi connectivity index (χ0) is 14.2. The van der Waals surface area contributed by atoms with Crippen molar-refractivity contribution >= 4 is 5.91 Å². The van der Waals surface area contributed by atoms with Crippen molar-refractivity contribution in [3.63, 3.8) is 0 Å². The van der Waals surface area contributed by atoms with E-state index in [0.717, 1.165) is 32.4 Å². The SMILES string of the molecule is Cc1ccc(CNC(=O)C2CC23CCNCC3)c(C)c1. The van der Waals surface area contributed by atoms with Crippen molar-refractivity contribution < 1.29 is 4.79 Å². The highest BCUT2D eigenvalue weighted by Crippen LogP contribution is 2.58. The molecule has 1 amide bonds. The van der Waals surface area contributed by atoms with Crippen LogP contribution in [0.4, 0.5) is 0 Å². The molecule has 1 aromatic carbocycles. The number of hydrogen-bond donors (Lipinski definition) is 2. The van der Waals surface area contributed by atoms with Crippen LogP contribution in [0, 0.1) is 25.2 Å². The van der Waals surface area contributed by atoms with Crippen LogP contribution in [0.25, 0.3) is 0 Å². The maximum absolute atomic E-state index is 12.3. The summed E-state index contributed by atoms with van der Waals surface area (Å²) in [5, 5.41) is 6.51. The van der Waals surface area contributed by atoms with Gasteiger partial charge in [0.1, 0.15) is 0 Å². The first-order chi connectivity index (χ1) is 9.61. The average molecular weight is 272 g/mol. The van der Waals surface area contributed by atoms with E-state index in [2.05, 4.69) is 42.7 Å². The van der Waals surface area contributed by atoms with Crippen LogP contribution >= 0.6 is 0 Å². The van der Waals surface area contributed by atoms with E-state index >= 15 is 0 Å². The second-order valence-electron chi connectivity index (χ2n) is 6.52. The van der Waals surface area contributed by atoms with Gasteiger partial charge >= 0.3 is 0 Å². The Hall–Kier alpha value is -1.35. The molecule has 3 heteroatoms. The van der Waals surface area contributed by atoms with Gasteiger partial charge in [-0.2, -0.15) is 0 Å². The van der Waals surface area contributed by atoms with Gasteiger partial charge in [-0.05, 0) is 62.7 Å². The molecule has 3 rings (SSSR count). The maximum Gasteiger partial charge on any atom is 0.223 e. The van der Waals surface area contributed by atoms with Crippen LogP contribution in [0.3, 0.4) is 0 Å². The number of carbonyl (C=O) groups is 1. The lowest BCUT2D eigenvalue weighted by Crippen LogP contribution is -2.33. The Labute approximate surface area is 121 Å². The first-order valence-corrected chi connectivity index (χ1v) is 7.65. The Bertz CT molecular complexity index is 518. The molecule has 1 atom stereocenters. The highest BCUT2D eigenvalue weighted by molar-refractivity contribution is 5.82. The Morgan fingerprint density at radius 2 is 2.10 bits per heavy atom. The van der Waals surface area contributed by atoms with E-state index in [1.165, 1.54) is 16.7 Å². The van der Waals surface area contributed by atoms with Gasteiger partial charge in [-0.15, -0.1) is 0 Å². The van der Waals surface area contributed by atoms with Crippen molar-refractivity contribution in [3.05, 3.63) is 34.9 Å². The van der Waals surface area contributed by atoms with Crippen LogP contribution in [0.5, 0.6) is 0 Å². The standard InChI is InChI=1S/C17H24N2O/c1-12-3-4-14(13(2)9-12)11-19-16(20)15-10-17(15)5-7-18-8-6-17/h3-4,9,15,18H,5-8,10-11H2,1-2H3,(H,19,20). The van der Waals surface area contributed by atoms with E-state index in [1.54, 1.807) is 0 Å². The summed E-state index contributed by atoms with van der Waals surface area (Å²) in [6, 6.07) is 6.41. The third-order valence-corrected chi connectivity index (χ3v) is 5.06. The molecule has 1 aromatic rings. The molecule has 2 fully saturated rings. The zero-order valence-electron chi connectivity index (χ0n) is 12.5. The molecular weight excluding hydrogens is 248 g/mol. The van der Waals surface area contributed by atoms with Gasteiger partial charge in [0.05, 0.1) is 0 Å². The van der Waals surface area contributed by atoms with E-state index in [-0.39, 0.29) is 11.8 Å². The monoisotopic (exact) mass is 272 g/mol. The summed E-state index contributed by atoms with van der Waals surface area (Å²) >= 11 is 0. The lowest BCUT2D eigenvalue weighted by atomic mass is 9.92. The fraction of sp³-hybridized carbons (Fsp3) is 0.588. The number of piperidine rings is 1. The highest BCUT2D eigenvalue weighted by Gasteiger charge is 2.57. The lowest BCUT2D eigenvalue weighted by molar-refractivity contribution is -0.123. The van der Waals surface area contributed by atoms with Gasteiger partial charge in [-0.3, -0.25) is 4.79 Å². The number of nitrogens with one attached hydrogen (secondary N) is 2. The minimum atomic E-state index is 0.256. The first-order valence-electron chi connectivity index (χ1n) is 7.65. The Morgan fingerprint density at radius 1 is 1.35 bits per heavy atom. The molecule has 1 aliphatic carbocycles. The Morgan fingerprint density at radius 3 is 2.80 bits per heavy atom. The predicted molar refractivity (Wildman–Crippen MR) is 80.4 cm³/mol. The zero-order valence-corrected chi connectivity index (χ0v) is 12.5. The van der Waals surface area contributed by atoms with Crippen molar-refractivity contribution in [3.8, 4) is 0 Å². The number of aryl methyl sites for hydroxylation is 2. The molecule has 0 bridgehead atoms. The van der Waals surface area contributed by atoms with Crippen LogP contribution in [-0.2, 0) is 11.3 Å². The van der Waals surface area contributed by atoms with Crippen LogP contribution in [0.1, 0.15) is 36.0 Å². The average Bonchev–Trinajstić information content (AvgIpc) is 3.12. The second-order valence-corrected chi connectivity index (χ2v) is 6.52. The summed E-state index contributed by atoms with van der Waals surface area (Å²) in [4.78, 5) is 12.3. The van der Waals surface area contributed by atoms with E-state index in [1.807, 2.05) is 0 Å². The highest BCUT2D eigenvalue weighted by atomic mass is 16.2. The summed E-state index contributed by atoms with van der Waals surface area (Å²) in [6.07, 6.45) is 3.41. The van der Waals surface area contributed by atoms with Crippen LogP contribution in [0.2, 0.25) is 0 Å². The Kier molecular flexibility index (Phi) is 3.55. The van der Waals surface area contributed by atoms with Gasteiger partial charge in [-0.1, -0.05) is 23.8 Å². The summed E-state index contributed by atoms with van der Waals surface area (Å²) in [7, 11) is 0. The normalized spacial score (nSPS) is 23.6. The third-order valence-electron chi connectivity index (χ3n) is 5.06. The van der Waals surface area contributed by atoms with Gasteiger partial charge in [0.2, 0.25) is 5.91 Å². The fourth-order valence-electron chi connectivity index (χ4n) is 3.55. The van der Waals surface area contributed by atoms with Crippen molar-refractivity contribution in [2.24, 2.45) is 11.3 Å². The molecule has 2 N–H and O–H groups in total. The predicted octanol–water partition coefficient (Wildman–Crippen LogP) is 2.31. The number of rotatable bonds is 3. The molecular formula is C17H24N2O. The quantitative estimate of drug-likeness (QED) is 0.886. The molecule has 1 spiro atoms. The molecule has 1 aliphatic heterocycles. The van der Waals surface area contributed by atoms with Crippen molar-refractivity contribution in [2.45, 2.75) is 39.7 Å². The van der Waals surface area contributed by atoms with Gasteiger partial charge in [0, 0.05) is 12.5 Å². The number of carbonyl (C=O) groups excluding carboxylic acids is 1. The van der Waals surface area contributed by atoms with Crippen molar-refractivity contribution in [1.29, 1.82) is 0 Å². The molecule has 0 aromatic heterocycles. The molecule has 1 saturated heterocycles. The molecule has 3 nitrogen and oxygen atoms in total. The third kappa shape index (κ3) is 2.59. The minimum Gasteiger partial charge on any atom is -0.352 e. The van der Waals surface area contributed by atoms with E-state index < -0.39 is 0 Å². The molecule has 1 heterocycles. The molecule has 0 radical (unpaired) electrons. The maximum atomic E-state index is 12.3. The van der Waals surface area contributed by atoms with Crippen LogP contribution in [-0.4, -0.2) is 19.0 Å². The molecule has 1 saturated carbocycles. The first kappa shape index (κ1) is 13.6. The molecule has 108 valence electrons.